The van der Waals surface area contributed by atoms with Gasteiger partial charge in [0.2, 0.25) is 11.6 Å². The number of H-pyrrole nitrogens is 1. The number of hydrogen-bond donors (Lipinski definition) is 4. The van der Waals surface area contributed by atoms with Gasteiger partial charge >= 0.3 is 12.1 Å². The number of aryl methyl sites for hydroxylation is 1. The van der Waals surface area contributed by atoms with Crippen LogP contribution in [0.25, 0.3) is 0 Å². The Balaban J connectivity index is 2.15. The van der Waals surface area contributed by atoms with Gasteiger partial charge in [-0.15, -0.1) is 0 Å². The van der Waals surface area contributed by atoms with Gasteiger partial charge in [-0.3, -0.25) is 10.1 Å². The number of carboxylic acid groups (broad SMARTS) is 1. The maximum absolute atomic E-state index is 12.6. The van der Waals surface area contributed by atoms with E-state index in [1.807, 2.05) is 0 Å². The van der Waals surface area contributed by atoms with Gasteiger partial charge in [-0.25, -0.2) is 14.6 Å². The summed E-state index contributed by atoms with van der Waals surface area (Å²) in [6, 6.07) is 0.333. The molecule has 2 rings (SSSR count). The molecule has 26 heavy (non-hydrogen) atoms. The van der Waals surface area contributed by atoms with Gasteiger partial charge in [0.05, 0.1) is 23.3 Å². The molecule has 0 bridgehead atoms. The predicted molar refractivity (Wildman–Crippen MR) is 92.1 cm³/mol. The van der Waals surface area contributed by atoms with Crippen LogP contribution in [0.1, 0.15) is 53.6 Å². The van der Waals surface area contributed by atoms with Gasteiger partial charge in [0.15, 0.2) is 0 Å². The Bertz CT molecular complexity index is 846. The molecule has 0 saturated heterocycles. The van der Waals surface area contributed by atoms with E-state index in [1.165, 1.54) is 16.8 Å². The first-order valence-corrected chi connectivity index (χ1v) is 7.72. The smallest absolute Gasteiger partial charge is 0.412 e. The molecular weight excluding hydrogens is 342 g/mol. The topological polar surface area (TPSA) is 152 Å². The number of amides is 1. The standard InChI is InChI=1S/C16H21N5O5/c1-16(2,3)26-15(25)19-8-5-10(21(4)7-8)12(22)11(17)9-6-18-13(20-9)14(23)24/h5-7,11H,17H2,1-4H3,(H,18,20)(H,19,25)(H,23,24). The van der Waals surface area contributed by atoms with E-state index in [4.69, 9.17) is 15.6 Å². The number of Topliss-reactive ketones (excluding diaryl/α,β-unsaturated/α-hetero) is 1. The molecule has 0 aliphatic carbocycles. The van der Waals surface area contributed by atoms with Gasteiger partial charge < -0.3 is 25.1 Å². The van der Waals surface area contributed by atoms with Crippen molar-refractivity contribution in [1.29, 1.82) is 0 Å². The van der Waals surface area contributed by atoms with E-state index >= 15 is 0 Å². The quantitative estimate of drug-likeness (QED) is 0.589. The van der Waals surface area contributed by atoms with Crippen LogP contribution in [-0.4, -0.2) is 43.1 Å². The minimum atomic E-state index is -1.25. The molecule has 2 aromatic rings. The van der Waals surface area contributed by atoms with Gasteiger partial charge in [0.1, 0.15) is 11.6 Å². The summed E-state index contributed by atoms with van der Waals surface area (Å²) in [5, 5.41) is 11.4. The molecule has 0 spiro atoms. The second-order valence-electron chi connectivity index (χ2n) is 6.69. The highest BCUT2D eigenvalue weighted by Crippen LogP contribution is 2.20. The van der Waals surface area contributed by atoms with Gasteiger partial charge in [-0.1, -0.05) is 0 Å². The first-order valence-electron chi connectivity index (χ1n) is 7.72. The van der Waals surface area contributed by atoms with E-state index < -0.39 is 29.5 Å². The number of hydrogen-bond acceptors (Lipinski definition) is 6. The third-order valence-electron chi connectivity index (χ3n) is 3.32. The number of ketones is 1. The Morgan fingerprint density at radius 2 is 2.04 bits per heavy atom. The zero-order valence-corrected chi connectivity index (χ0v) is 14.9. The Morgan fingerprint density at radius 3 is 2.58 bits per heavy atom. The fourth-order valence-electron chi connectivity index (χ4n) is 2.20. The summed E-state index contributed by atoms with van der Waals surface area (Å²) in [5.74, 6) is -2.02. The largest absolute Gasteiger partial charge is 0.475 e. The Kier molecular flexibility index (Phi) is 5.17. The van der Waals surface area contributed by atoms with Crippen LogP contribution >= 0.6 is 0 Å². The zero-order chi connectivity index (χ0) is 19.6. The molecule has 10 nitrogen and oxygen atoms in total. The minimum absolute atomic E-state index is 0.176. The number of carbonyl (C=O) groups is 3. The van der Waals surface area contributed by atoms with E-state index in [1.54, 1.807) is 34.0 Å². The molecule has 0 aliphatic heterocycles. The normalized spacial score (nSPS) is 12.5. The van der Waals surface area contributed by atoms with Crippen molar-refractivity contribution in [1.82, 2.24) is 14.5 Å². The van der Waals surface area contributed by atoms with E-state index in [-0.39, 0.29) is 17.2 Å². The fourth-order valence-corrected chi connectivity index (χ4v) is 2.20. The molecule has 0 aliphatic rings. The first kappa shape index (κ1) is 19.2. The van der Waals surface area contributed by atoms with Crippen LogP contribution in [0.3, 0.4) is 0 Å². The van der Waals surface area contributed by atoms with Crippen molar-refractivity contribution in [3.63, 3.8) is 0 Å². The average Bonchev–Trinajstić information content (AvgIpc) is 3.10. The molecule has 10 heteroatoms. The highest BCUT2D eigenvalue weighted by molar-refractivity contribution is 6.00. The van der Waals surface area contributed by atoms with E-state index in [9.17, 15) is 14.4 Å². The van der Waals surface area contributed by atoms with Crippen molar-refractivity contribution >= 4 is 23.5 Å². The molecular formula is C16H21N5O5. The number of nitrogens with zero attached hydrogens (tertiary/aromatic N) is 2. The molecule has 2 aromatic heterocycles. The van der Waals surface area contributed by atoms with Crippen molar-refractivity contribution < 1.29 is 24.2 Å². The van der Waals surface area contributed by atoms with E-state index in [2.05, 4.69) is 15.3 Å². The van der Waals surface area contributed by atoms with Crippen molar-refractivity contribution in [2.45, 2.75) is 32.4 Å². The zero-order valence-electron chi connectivity index (χ0n) is 14.9. The lowest BCUT2D eigenvalue weighted by Gasteiger charge is -2.19. The lowest BCUT2D eigenvalue weighted by molar-refractivity contribution is 0.0633. The van der Waals surface area contributed by atoms with Crippen molar-refractivity contribution in [3.8, 4) is 0 Å². The van der Waals surface area contributed by atoms with Gasteiger partial charge in [-0.05, 0) is 26.8 Å². The number of carboxylic acids is 1. The lowest BCUT2D eigenvalue weighted by atomic mass is 10.1. The molecule has 1 atom stereocenters. The summed E-state index contributed by atoms with van der Waals surface area (Å²) in [5.41, 5.74) is 6.03. The second-order valence-corrected chi connectivity index (χ2v) is 6.69. The first-order chi connectivity index (χ1) is 12.0. The van der Waals surface area contributed by atoms with Crippen molar-refractivity contribution in [3.05, 3.63) is 35.7 Å². The average molecular weight is 363 g/mol. The number of rotatable bonds is 5. The van der Waals surface area contributed by atoms with Crippen LogP contribution in [-0.2, 0) is 11.8 Å². The third kappa shape index (κ3) is 4.48. The molecule has 140 valence electrons. The number of aromatic carboxylic acids is 1. The number of nitrogens with one attached hydrogen (secondary N) is 2. The Labute approximate surface area is 149 Å². The molecule has 1 amide bonds. The fraction of sp³-hybridized carbons (Fsp3) is 0.375. The van der Waals surface area contributed by atoms with E-state index in [0.717, 1.165) is 0 Å². The molecule has 2 heterocycles. The molecule has 0 fully saturated rings. The Hall–Kier alpha value is -3.14. The molecule has 1 unspecified atom stereocenters. The van der Waals surface area contributed by atoms with Gasteiger partial charge in [-0.2, -0.15) is 0 Å². The second kappa shape index (κ2) is 7.00. The number of ether oxygens (including phenoxy) is 1. The molecule has 5 N–H and O–H groups in total. The molecule has 0 saturated carbocycles. The minimum Gasteiger partial charge on any atom is -0.475 e. The SMILES string of the molecule is Cn1cc(NC(=O)OC(C)(C)C)cc1C(=O)C(N)c1cnc(C(=O)O)[nH]1. The number of nitrogens with two attached hydrogens (primary N) is 1. The number of carbonyl (C=O) groups excluding carboxylic acids is 2. The maximum Gasteiger partial charge on any atom is 0.412 e. The summed E-state index contributed by atoms with van der Waals surface area (Å²) in [4.78, 5) is 41.4. The van der Waals surface area contributed by atoms with Crippen LogP contribution < -0.4 is 11.1 Å². The van der Waals surface area contributed by atoms with E-state index in [0.29, 0.717) is 5.69 Å². The highest BCUT2D eigenvalue weighted by Gasteiger charge is 2.24. The third-order valence-corrected chi connectivity index (χ3v) is 3.32. The summed E-state index contributed by atoms with van der Waals surface area (Å²) in [6.07, 6.45) is 2.10. The highest BCUT2D eigenvalue weighted by atomic mass is 16.6. The van der Waals surface area contributed by atoms with Crippen LogP contribution in [0.4, 0.5) is 10.5 Å². The van der Waals surface area contributed by atoms with Crippen molar-refractivity contribution in [2.24, 2.45) is 12.8 Å². The van der Waals surface area contributed by atoms with Crippen molar-refractivity contribution in [2.75, 3.05) is 5.32 Å². The predicted octanol–water partition coefficient (Wildman–Crippen LogP) is 1.68. The Morgan fingerprint density at radius 1 is 1.38 bits per heavy atom. The number of anilines is 1. The van der Waals surface area contributed by atoms with Crippen LogP contribution in [0.5, 0.6) is 0 Å². The number of imidazole rings is 1. The number of aromatic amines is 1. The monoisotopic (exact) mass is 363 g/mol. The van der Waals surface area contributed by atoms with Crippen LogP contribution in [0.2, 0.25) is 0 Å². The van der Waals surface area contributed by atoms with Crippen LogP contribution in [0.15, 0.2) is 18.5 Å². The maximum atomic E-state index is 12.6. The van der Waals surface area contributed by atoms with Gasteiger partial charge in [0.25, 0.3) is 0 Å². The summed E-state index contributed by atoms with van der Waals surface area (Å²) in [7, 11) is 1.62. The summed E-state index contributed by atoms with van der Waals surface area (Å²) < 4.78 is 6.66. The molecule has 0 aromatic carbocycles. The van der Waals surface area contributed by atoms with Gasteiger partial charge in [0, 0.05) is 13.2 Å². The lowest BCUT2D eigenvalue weighted by Crippen LogP contribution is -2.27. The number of aromatic nitrogens is 3. The van der Waals surface area contributed by atoms with Crippen LogP contribution in [0, 0.1) is 0 Å². The summed E-state index contributed by atoms with van der Waals surface area (Å²) >= 11 is 0. The summed E-state index contributed by atoms with van der Waals surface area (Å²) in [6.45, 7) is 5.21. The molecule has 0 radical (unpaired) electrons.